The van der Waals surface area contributed by atoms with Crippen molar-refractivity contribution in [3.8, 4) is 28.3 Å². The smallest absolute Gasteiger partial charge is 0.481 e. The molecule has 3 aliphatic rings. The number of pyridine rings is 1. The summed E-state index contributed by atoms with van der Waals surface area (Å²) in [6, 6.07) is 16.7. The monoisotopic (exact) mass is 847 g/mol. The quantitative estimate of drug-likeness (QED) is 0.175. The number of methoxy groups -OCH3 is 1. The van der Waals surface area contributed by atoms with Crippen LogP contribution in [0.5, 0.6) is 5.88 Å². The van der Waals surface area contributed by atoms with Gasteiger partial charge in [-0.05, 0) is 42.5 Å². The molecule has 5 aromatic rings. The molecule has 2 fully saturated rings. The van der Waals surface area contributed by atoms with E-state index in [-0.39, 0.29) is 52.3 Å². The summed E-state index contributed by atoms with van der Waals surface area (Å²) in [7, 11) is 4.27. The van der Waals surface area contributed by atoms with Crippen LogP contribution >= 0.6 is 23.2 Å². The van der Waals surface area contributed by atoms with E-state index in [1.165, 1.54) is 19.7 Å². The molecular formula is C38H36Cl2F2MnN8O5. The topological polar surface area (TPSA) is 148 Å². The van der Waals surface area contributed by atoms with Crippen LogP contribution < -0.4 is 21.3 Å². The van der Waals surface area contributed by atoms with Gasteiger partial charge in [0.25, 0.3) is 6.43 Å². The van der Waals surface area contributed by atoms with E-state index in [0.29, 0.717) is 29.0 Å². The molecule has 1 radical (unpaired) electrons. The maximum Gasteiger partial charge on any atom is 2.00 e. The Hall–Kier alpha value is -4.44. The summed E-state index contributed by atoms with van der Waals surface area (Å²) in [5.41, 5.74) is 3.86. The number of carbonyl (C=O) groups is 1. The predicted octanol–water partition coefficient (Wildman–Crippen LogP) is 4.74. The minimum absolute atomic E-state index is 0. The Balaban J connectivity index is 0.000000248. The Bertz CT molecular complexity index is 2440. The Kier molecular flexibility index (Phi) is 12.2. The van der Waals surface area contributed by atoms with Crippen LogP contribution in [-0.2, 0) is 37.6 Å². The van der Waals surface area contributed by atoms with Crippen LogP contribution in [0.2, 0.25) is 10.0 Å². The van der Waals surface area contributed by atoms with Gasteiger partial charge in [0.2, 0.25) is 5.88 Å². The van der Waals surface area contributed by atoms with Crippen LogP contribution in [-0.4, -0.2) is 90.5 Å². The maximum absolute atomic E-state index is 12.4. The Labute approximate surface area is 340 Å². The second-order valence-corrected chi connectivity index (χ2v) is 14.4. The fourth-order valence-corrected chi connectivity index (χ4v) is 8.25. The van der Waals surface area contributed by atoms with Crippen molar-refractivity contribution < 1.29 is 40.5 Å². The number of amides is 2. The summed E-state index contributed by atoms with van der Waals surface area (Å²) >= 11 is 13.3. The van der Waals surface area contributed by atoms with Gasteiger partial charge >= 0.3 is 28.8 Å². The van der Waals surface area contributed by atoms with Crippen molar-refractivity contribution in [3.63, 3.8) is 0 Å². The van der Waals surface area contributed by atoms with Crippen LogP contribution in [0.1, 0.15) is 42.3 Å². The normalized spacial score (nSPS) is 18.9. The van der Waals surface area contributed by atoms with E-state index in [2.05, 4.69) is 38.5 Å². The Morgan fingerprint density at radius 3 is 2.54 bits per heavy atom. The predicted molar refractivity (Wildman–Crippen MR) is 202 cm³/mol. The van der Waals surface area contributed by atoms with Crippen LogP contribution in [0.4, 0.5) is 13.6 Å². The van der Waals surface area contributed by atoms with E-state index in [4.69, 9.17) is 32.9 Å². The van der Waals surface area contributed by atoms with Gasteiger partial charge in [-0.2, -0.15) is 24.3 Å². The molecule has 1 spiro atoms. The molecule has 2 N–H and O–H groups in total. The molecular weight excluding hydrogens is 812 g/mol. The average Bonchev–Trinajstić information content (AvgIpc) is 3.89. The molecule has 293 valence electrons. The summed E-state index contributed by atoms with van der Waals surface area (Å²) in [6.45, 7) is 2.59. The van der Waals surface area contributed by atoms with Crippen LogP contribution in [0, 0.1) is 12.3 Å². The number of ether oxygens (including phenoxy) is 1. The number of halogens is 4. The van der Waals surface area contributed by atoms with E-state index in [1.807, 2.05) is 30.3 Å². The minimum atomic E-state index is -2.88. The third-order valence-corrected chi connectivity index (χ3v) is 11.1. The number of nitrogens with zero attached hydrogens (tertiary/aromatic N) is 7. The number of β-amino-alcohol motifs (C(OH)–C–C–N with tert-alkyl or cyclic N) is 1. The summed E-state index contributed by atoms with van der Waals surface area (Å²) < 4.78 is 32.5. The molecule has 56 heavy (non-hydrogen) atoms. The maximum atomic E-state index is 12.4. The summed E-state index contributed by atoms with van der Waals surface area (Å²) in [4.78, 5) is 51.4. The number of carbonyl (C=O) groups excluding carboxylic acids is 1. The van der Waals surface area contributed by atoms with Crippen molar-refractivity contribution in [2.75, 3.05) is 39.9 Å². The van der Waals surface area contributed by atoms with Gasteiger partial charge in [0.15, 0.2) is 5.56 Å². The molecule has 2 aromatic carbocycles. The standard InChI is InChI=1S/C29H29Cl2N4O3.C9H7F2N4O2.Mn/c1-38-27-25-18(9-10-24(25)34-12-11-29(16-34)17-35(13-14-36)28(37)33-29)15-23(32-27)21-7-4-6-20(26(21)31)19-5-2-3-8-22(19)30;1-14-7-4(8(16)15(2)9(14)17)3-12-6(13-7)5(10)11;/h2-7,15,24,36H,9-14,16-17H2,1H3,(H,33,37);5H,1-2H3;/q2*-1;+2. The first-order valence-electron chi connectivity index (χ1n) is 17.4. The number of aromatic nitrogens is 5. The third kappa shape index (κ3) is 7.53. The number of fused-ring (bicyclic) bond motifs is 2. The molecule has 8 rings (SSSR count). The number of aryl methyl sites for hydroxylation is 2. The number of hydrogen-bond acceptors (Lipinski definition) is 9. The van der Waals surface area contributed by atoms with E-state index in [0.717, 1.165) is 69.4 Å². The molecule has 13 nitrogen and oxygen atoms in total. The first-order valence-corrected chi connectivity index (χ1v) is 18.2. The molecule has 2 amide bonds. The first kappa shape index (κ1) is 41.2. The van der Waals surface area contributed by atoms with E-state index in [9.17, 15) is 28.3 Å². The van der Waals surface area contributed by atoms with Crippen LogP contribution in [0.3, 0.4) is 0 Å². The fourth-order valence-electron chi connectivity index (χ4n) is 7.70. The number of benzene rings is 2. The first-order chi connectivity index (χ1) is 26.4. The molecule has 0 bridgehead atoms. The number of urea groups is 1. The molecule has 18 heteroatoms. The van der Waals surface area contributed by atoms with Gasteiger partial charge in [0, 0.05) is 62.5 Å². The Morgan fingerprint density at radius 1 is 1.07 bits per heavy atom. The molecule has 2 unspecified atom stereocenters. The zero-order valence-electron chi connectivity index (χ0n) is 30.5. The average molecular weight is 849 g/mol. The van der Waals surface area contributed by atoms with Crippen LogP contribution in [0.15, 0.2) is 52.1 Å². The number of hydrogen-bond donors (Lipinski definition) is 2. The molecule has 2 saturated heterocycles. The van der Waals surface area contributed by atoms with Crippen molar-refractivity contribution in [3.05, 3.63) is 103 Å². The summed E-state index contributed by atoms with van der Waals surface area (Å²) in [5.74, 6) is -0.147. The van der Waals surface area contributed by atoms with Crippen molar-refractivity contribution >= 4 is 40.3 Å². The molecule has 3 aromatic heterocycles. The van der Waals surface area contributed by atoms with E-state index >= 15 is 0 Å². The number of alkyl halides is 2. The molecule has 2 aliphatic heterocycles. The molecule has 2 atom stereocenters. The number of aliphatic hydroxyl groups excluding tert-OH is 1. The van der Waals surface area contributed by atoms with Crippen LogP contribution in [0.25, 0.3) is 33.4 Å². The van der Waals surface area contributed by atoms with Crippen molar-refractivity contribution in [1.82, 2.24) is 39.2 Å². The zero-order valence-corrected chi connectivity index (χ0v) is 33.1. The van der Waals surface area contributed by atoms with Gasteiger partial charge in [-0.1, -0.05) is 40.4 Å². The molecule has 1 aliphatic carbocycles. The van der Waals surface area contributed by atoms with Crippen molar-refractivity contribution in [2.45, 2.75) is 37.3 Å². The number of nitrogens with one attached hydrogen (secondary N) is 1. The molecule has 5 heterocycles. The van der Waals surface area contributed by atoms with Gasteiger partial charge in [0.05, 0.1) is 30.6 Å². The van der Waals surface area contributed by atoms with Gasteiger partial charge < -0.3 is 44.0 Å². The summed E-state index contributed by atoms with van der Waals surface area (Å²) in [5, 5.41) is 13.5. The number of aliphatic hydroxyl groups is 1. The third-order valence-electron chi connectivity index (χ3n) is 10.4. The second kappa shape index (κ2) is 16.6. The number of rotatable bonds is 7. The van der Waals surface area contributed by atoms with Gasteiger partial charge in [0.1, 0.15) is 5.82 Å². The largest absolute Gasteiger partial charge is 2.00 e. The van der Waals surface area contributed by atoms with Gasteiger partial charge in [-0.25, -0.2) is 23.4 Å². The SMILES string of the molecule is COc1nc(-c2cccc(-c3ccc[c-]c3Cl)c2Cl)cc2c1C(N1CCC3(CN(CCO)C(=O)N3)C1)CC2.Cn1c(=O)c2[c-]nc(C(F)F)nc2n(C)c1=O.[Mn+2]. The van der Waals surface area contributed by atoms with E-state index < -0.39 is 23.5 Å². The molecule has 0 saturated carbocycles. The van der Waals surface area contributed by atoms with Crippen molar-refractivity contribution in [2.24, 2.45) is 14.1 Å². The van der Waals surface area contributed by atoms with E-state index in [1.54, 1.807) is 18.1 Å². The van der Waals surface area contributed by atoms with Gasteiger partial charge in [-0.3, -0.25) is 4.90 Å². The van der Waals surface area contributed by atoms with Gasteiger partial charge in [-0.15, -0.1) is 17.2 Å². The van der Waals surface area contributed by atoms with Crippen molar-refractivity contribution in [1.29, 1.82) is 0 Å². The second-order valence-electron chi connectivity index (χ2n) is 13.7. The number of likely N-dealkylation sites (tertiary alicyclic amines) is 1. The minimum Gasteiger partial charge on any atom is -0.481 e. The Morgan fingerprint density at radius 2 is 1.82 bits per heavy atom. The zero-order chi connectivity index (χ0) is 39.2. The fraction of sp³-hybridized carbons (Fsp3) is 0.368. The summed E-state index contributed by atoms with van der Waals surface area (Å²) in [6.07, 6.45) is 2.06.